The number of benzene rings is 2. The number of ether oxygens (including phenoxy) is 3. The summed E-state index contributed by atoms with van der Waals surface area (Å²) in [7, 11) is 3.03. The van der Waals surface area contributed by atoms with E-state index in [1.165, 1.54) is 14.2 Å². The highest BCUT2D eigenvalue weighted by molar-refractivity contribution is 6.27. The van der Waals surface area contributed by atoms with Gasteiger partial charge in [-0.2, -0.15) is 0 Å². The molecule has 6 heteroatoms. The lowest BCUT2D eigenvalue weighted by molar-refractivity contribution is -0.140. The van der Waals surface area contributed by atoms with Crippen LogP contribution in [0.5, 0.6) is 11.5 Å². The van der Waals surface area contributed by atoms with Gasteiger partial charge in [-0.25, -0.2) is 0 Å². The van der Waals surface area contributed by atoms with Crippen molar-refractivity contribution in [3.05, 3.63) is 70.5 Å². The number of hydrogen-bond acceptors (Lipinski definition) is 6. The SMILES string of the molecule is COc1ccc(OC)c(C2CC(=O)OC3=C2C(=O)c2ccccc2C3=O)c1. The maximum absolute atomic E-state index is 13.2. The second-order valence-corrected chi connectivity index (χ2v) is 6.29. The molecule has 1 unspecified atom stereocenters. The first-order valence-electron chi connectivity index (χ1n) is 8.40. The molecule has 0 aromatic heterocycles. The van der Waals surface area contributed by atoms with E-state index in [0.29, 0.717) is 22.6 Å². The van der Waals surface area contributed by atoms with E-state index >= 15 is 0 Å². The fraction of sp³-hybridized carbons (Fsp3) is 0.190. The molecule has 2 aromatic rings. The number of esters is 1. The van der Waals surface area contributed by atoms with Gasteiger partial charge >= 0.3 is 5.97 Å². The first-order valence-corrected chi connectivity index (χ1v) is 8.40. The molecule has 1 aliphatic carbocycles. The summed E-state index contributed by atoms with van der Waals surface area (Å²) < 4.78 is 15.9. The van der Waals surface area contributed by atoms with Gasteiger partial charge < -0.3 is 14.2 Å². The minimum absolute atomic E-state index is 0.0659. The molecule has 0 spiro atoms. The normalized spacial score (nSPS) is 18.6. The van der Waals surface area contributed by atoms with Crippen molar-refractivity contribution in [2.45, 2.75) is 12.3 Å². The molecule has 6 nitrogen and oxygen atoms in total. The monoisotopic (exact) mass is 364 g/mol. The maximum atomic E-state index is 13.2. The van der Waals surface area contributed by atoms with Crippen LogP contribution in [0, 0.1) is 0 Å². The number of ketones is 2. The third-order valence-corrected chi connectivity index (χ3v) is 4.86. The molecule has 0 fully saturated rings. The van der Waals surface area contributed by atoms with Gasteiger partial charge in [0.2, 0.25) is 5.78 Å². The van der Waals surface area contributed by atoms with Gasteiger partial charge in [0.1, 0.15) is 11.5 Å². The van der Waals surface area contributed by atoms with E-state index in [2.05, 4.69) is 0 Å². The van der Waals surface area contributed by atoms with Crippen LogP contribution in [0.3, 0.4) is 0 Å². The van der Waals surface area contributed by atoms with Gasteiger partial charge in [-0.1, -0.05) is 24.3 Å². The quantitative estimate of drug-likeness (QED) is 0.779. The van der Waals surface area contributed by atoms with Crippen LogP contribution in [0.1, 0.15) is 38.6 Å². The fourth-order valence-electron chi connectivity index (χ4n) is 3.59. The largest absolute Gasteiger partial charge is 0.497 e. The molecular weight excluding hydrogens is 348 g/mol. The summed E-state index contributed by atoms with van der Waals surface area (Å²) in [5.74, 6) is -1.13. The Morgan fingerprint density at radius 3 is 2.30 bits per heavy atom. The molecule has 1 aliphatic heterocycles. The van der Waals surface area contributed by atoms with Crippen molar-refractivity contribution in [2.24, 2.45) is 0 Å². The summed E-state index contributed by atoms with van der Waals surface area (Å²) in [5.41, 5.74) is 1.34. The van der Waals surface area contributed by atoms with Gasteiger partial charge in [0.25, 0.3) is 0 Å². The number of rotatable bonds is 3. The Morgan fingerprint density at radius 1 is 0.926 bits per heavy atom. The minimum atomic E-state index is -0.656. The maximum Gasteiger partial charge on any atom is 0.312 e. The van der Waals surface area contributed by atoms with Crippen molar-refractivity contribution >= 4 is 17.5 Å². The number of fused-ring (bicyclic) bond motifs is 1. The molecule has 1 heterocycles. The average Bonchev–Trinajstić information content (AvgIpc) is 2.70. The fourth-order valence-corrected chi connectivity index (χ4v) is 3.59. The lowest BCUT2D eigenvalue weighted by atomic mass is 9.76. The molecule has 1 atom stereocenters. The Balaban J connectivity index is 1.93. The highest BCUT2D eigenvalue weighted by Crippen LogP contribution is 2.44. The molecule has 0 saturated carbocycles. The second kappa shape index (κ2) is 6.39. The summed E-state index contributed by atoms with van der Waals surface area (Å²) in [5, 5.41) is 0. The lowest BCUT2D eigenvalue weighted by Crippen LogP contribution is -2.33. The number of carbonyl (C=O) groups is 3. The van der Waals surface area contributed by atoms with Crippen LogP contribution in [0.25, 0.3) is 0 Å². The summed E-state index contributed by atoms with van der Waals surface area (Å²) in [6.45, 7) is 0. The van der Waals surface area contributed by atoms with Crippen LogP contribution < -0.4 is 9.47 Å². The molecule has 27 heavy (non-hydrogen) atoms. The summed E-state index contributed by atoms with van der Waals surface area (Å²) in [6.07, 6.45) is -0.0659. The number of methoxy groups -OCH3 is 2. The Morgan fingerprint density at radius 2 is 1.63 bits per heavy atom. The number of Topliss-reactive ketones (excluding diaryl/α,β-unsaturated/α-hetero) is 2. The molecule has 0 N–H and O–H groups in total. The van der Waals surface area contributed by atoms with E-state index < -0.39 is 17.7 Å². The molecule has 0 radical (unpaired) electrons. The van der Waals surface area contributed by atoms with Gasteiger partial charge in [-0.05, 0) is 18.2 Å². The van der Waals surface area contributed by atoms with Crippen LogP contribution in [0.4, 0.5) is 0 Å². The van der Waals surface area contributed by atoms with Crippen LogP contribution in [0.2, 0.25) is 0 Å². The standard InChI is InChI=1S/C21H16O6/c1-25-11-7-8-16(26-2)14(9-11)15-10-17(22)27-21-18(15)19(23)12-5-3-4-6-13(12)20(21)24/h3-9,15H,10H2,1-2H3. The number of carbonyl (C=O) groups excluding carboxylic acids is 3. The van der Waals surface area contributed by atoms with E-state index in [9.17, 15) is 14.4 Å². The van der Waals surface area contributed by atoms with Crippen LogP contribution in [-0.2, 0) is 9.53 Å². The number of allylic oxidation sites excluding steroid dienone is 2. The molecule has 0 bridgehead atoms. The van der Waals surface area contributed by atoms with Crippen molar-refractivity contribution in [3.8, 4) is 11.5 Å². The third kappa shape index (κ3) is 2.61. The second-order valence-electron chi connectivity index (χ2n) is 6.29. The van der Waals surface area contributed by atoms with E-state index in [1.54, 1.807) is 42.5 Å². The third-order valence-electron chi connectivity index (χ3n) is 4.86. The van der Waals surface area contributed by atoms with Crippen molar-refractivity contribution < 1.29 is 28.6 Å². The highest BCUT2D eigenvalue weighted by atomic mass is 16.5. The molecular formula is C21H16O6. The van der Waals surface area contributed by atoms with Crippen molar-refractivity contribution in [1.82, 2.24) is 0 Å². The topological polar surface area (TPSA) is 78.9 Å². The van der Waals surface area contributed by atoms with Crippen LogP contribution >= 0.6 is 0 Å². The molecule has 0 amide bonds. The predicted molar refractivity (Wildman–Crippen MR) is 95.1 cm³/mol. The zero-order valence-electron chi connectivity index (χ0n) is 14.8. The Labute approximate surface area is 155 Å². The van der Waals surface area contributed by atoms with Gasteiger partial charge in [0.05, 0.1) is 26.2 Å². The average molecular weight is 364 g/mol. The van der Waals surface area contributed by atoms with Gasteiger partial charge in [0, 0.05) is 22.6 Å². The van der Waals surface area contributed by atoms with Crippen molar-refractivity contribution in [3.63, 3.8) is 0 Å². The van der Waals surface area contributed by atoms with E-state index in [0.717, 1.165) is 0 Å². The van der Waals surface area contributed by atoms with Crippen LogP contribution in [0.15, 0.2) is 53.8 Å². The Bertz CT molecular complexity index is 1020. The molecule has 2 aromatic carbocycles. The van der Waals surface area contributed by atoms with E-state index in [-0.39, 0.29) is 29.1 Å². The van der Waals surface area contributed by atoms with Crippen LogP contribution in [-0.4, -0.2) is 31.8 Å². The Hall–Kier alpha value is -3.41. The van der Waals surface area contributed by atoms with Gasteiger partial charge in [0.15, 0.2) is 11.5 Å². The predicted octanol–water partition coefficient (Wildman–Crippen LogP) is 3.07. The summed E-state index contributed by atoms with van der Waals surface area (Å²) >= 11 is 0. The smallest absolute Gasteiger partial charge is 0.312 e. The molecule has 2 aliphatic rings. The zero-order chi connectivity index (χ0) is 19.1. The van der Waals surface area contributed by atoms with Crippen molar-refractivity contribution in [1.29, 1.82) is 0 Å². The number of hydrogen-bond donors (Lipinski definition) is 0. The van der Waals surface area contributed by atoms with Gasteiger partial charge in [-0.3, -0.25) is 14.4 Å². The summed E-state index contributed by atoms with van der Waals surface area (Å²) in [6, 6.07) is 11.7. The summed E-state index contributed by atoms with van der Waals surface area (Å²) in [4.78, 5) is 38.2. The minimum Gasteiger partial charge on any atom is -0.497 e. The first-order chi connectivity index (χ1) is 13.0. The lowest BCUT2D eigenvalue weighted by Gasteiger charge is -2.30. The van der Waals surface area contributed by atoms with E-state index in [4.69, 9.17) is 14.2 Å². The first kappa shape index (κ1) is 17.0. The van der Waals surface area contributed by atoms with Gasteiger partial charge in [-0.15, -0.1) is 0 Å². The molecule has 4 rings (SSSR count). The van der Waals surface area contributed by atoms with E-state index in [1.807, 2.05) is 0 Å². The Kier molecular flexibility index (Phi) is 4.03. The molecule has 136 valence electrons. The molecule has 0 saturated heterocycles. The van der Waals surface area contributed by atoms with Crippen molar-refractivity contribution in [2.75, 3.05) is 14.2 Å². The zero-order valence-corrected chi connectivity index (χ0v) is 14.8. The highest BCUT2D eigenvalue weighted by Gasteiger charge is 2.43.